The van der Waals surface area contributed by atoms with Crippen molar-refractivity contribution in [1.82, 2.24) is 4.72 Å². The second kappa shape index (κ2) is 11.0. The van der Waals surface area contributed by atoms with Gasteiger partial charge in [0.2, 0.25) is 10.0 Å². The number of fused-ring (bicyclic) bond motifs is 2. The minimum Gasteiger partial charge on any atom is -0.459 e. The normalized spacial score (nSPS) is 20.6. The number of hydrogen-bond acceptors (Lipinski definition) is 8. The van der Waals surface area contributed by atoms with E-state index in [1.807, 2.05) is 53.4 Å². The Hall–Kier alpha value is -3.74. The number of carbonyl (C=O) groups is 1. The molecule has 1 heterocycles. The summed E-state index contributed by atoms with van der Waals surface area (Å²) in [6, 6.07) is 17.9. The molecule has 0 amide bonds. The quantitative estimate of drug-likeness (QED) is 0.372. The zero-order valence-corrected chi connectivity index (χ0v) is 22.3. The van der Waals surface area contributed by atoms with Gasteiger partial charge in [-0.2, -0.15) is 8.78 Å². The molecule has 0 spiro atoms. The Labute approximate surface area is 230 Å². The number of benzene rings is 3. The van der Waals surface area contributed by atoms with E-state index in [-0.39, 0.29) is 11.5 Å². The summed E-state index contributed by atoms with van der Waals surface area (Å²) in [5.74, 6) is -1.19. The van der Waals surface area contributed by atoms with Gasteiger partial charge in [-0.05, 0) is 62.6 Å². The molecule has 0 aromatic heterocycles. The Morgan fingerprint density at radius 1 is 1.05 bits per heavy atom. The molecular weight excluding hydrogens is 546 g/mol. The van der Waals surface area contributed by atoms with Crippen LogP contribution in [0.15, 0.2) is 77.7 Å². The van der Waals surface area contributed by atoms with Crippen LogP contribution >= 0.6 is 0 Å². The Kier molecular flexibility index (Phi) is 7.67. The van der Waals surface area contributed by atoms with Gasteiger partial charge in [-0.15, -0.1) is 0 Å². The first-order valence-corrected chi connectivity index (χ1v) is 14.3. The number of anilines is 2. The highest BCUT2D eigenvalue weighted by atomic mass is 32.2. The van der Waals surface area contributed by atoms with E-state index in [9.17, 15) is 27.1 Å². The Morgan fingerprint density at radius 3 is 2.35 bits per heavy atom. The van der Waals surface area contributed by atoms with Crippen LogP contribution in [-0.4, -0.2) is 50.4 Å². The molecule has 0 radical (unpaired) electrons. The summed E-state index contributed by atoms with van der Waals surface area (Å²) in [4.78, 5) is 13.1. The highest BCUT2D eigenvalue weighted by Gasteiger charge is 2.45. The maximum absolute atomic E-state index is 14.1. The van der Waals surface area contributed by atoms with E-state index in [4.69, 9.17) is 4.74 Å². The number of nitrogens with zero attached hydrogens (tertiary/aromatic N) is 1. The summed E-state index contributed by atoms with van der Waals surface area (Å²) in [6.45, 7) is 1.09. The van der Waals surface area contributed by atoms with Gasteiger partial charge in [0.05, 0.1) is 41.1 Å². The third-order valence-corrected chi connectivity index (χ3v) is 8.29. The first-order valence-electron chi connectivity index (χ1n) is 12.8. The predicted octanol–water partition coefficient (Wildman–Crippen LogP) is 4.73. The smallest absolute Gasteiger partial charge is 0.459 e. The zero-order chi connectivity index (χ0) is 28.5. The number of ether oxygens (including phenoxy) is 3. The molecule has 9 nitrogen and oxygen atoms in total. The molecule has 3 aromatic carbocycles. The number of rotatable bonds is 8. The van der Waals surface area contributed by atoms with Gasteiger partial charge in [0.1, 0.15) is 5.75 Å². The van der Waals surface area contributed by atoms with Gasteiger partial charge in [0.15, 0.2) is 11.5 Å². The Balaban J connectivity index is 1.38. The molecule has 3 aromatic rings. The highest BCUT2D eigenvalue weighted by molar-refractivity contribution is 7.89. The fourth-order valence-electron chi connectivity index (χ4n) is 5.03. The summed E-state index contributed by atoms with van der Waals surface area (Å²) < 4.78 is 72.1. The number of carbonyl (C=O) groups excluding carboxylic acids is 1. The van der Waals surface area contributed by atoms with Crippen molar-refractivity contribution in [2.45, 2.75) is 55.4 Å². The van der Waals surface area contributed by atoms with Crippen LogP contribution in [0.4, 0.5) is 20.2 Å². The van der Waals surface area contributed by atoms with Crippen molar-refractivity contribution in [3.8, 4) is 17.2 Å². The third kappa shape index (κ3) is 5.47. The maximum Gasteiger partial charge on any atom is 0.502 e. The van der Waals surface area contributed by atoms with Crippen molar-refractivity contribution in [3.05, 3.63) is 72.8 Å². The van der Waals surface area contributed by atoms with Crippen LogP contribution in [0.25, 0.3) is 0 Å². The number of halogens is 2. The van der Waals surface area contributed by atoms with Gasteiger partial charge in [-0.3, -0.25) is 0 Å². The molecule has 5 rings (SSSR count). The standard InChI is InChI=1S/C28H28F2N2O7S/c1-2-37-27(34)28(29,30)39-18-9-7-10-19(17-18)40(35,36)31-20-11-8-14-23(26(20)33)32-21-12-3-5-15-24(21)38-25-16-6-4-13-22(25)32/h3-7,9-10,12-13,15-17,20,23,26,31,33H,2,8,11,14H2,1H3/t20-,23+,26?/m1/s1. The molecule has 1 aliphatic carbocycles. The van der Waals surface area contributed by atoms with Crippen LogP contribution < -0.4 is 19.1 Å². The molecular formula is C28H28F2N2O7S. The predicted molar refractivity (Wildman–Crippen MR) is 142 cm³/mol. The number of hydrogen-bond donors (Lipinski definition) is 2. The lowest BCUT2D eigenvalue weighted by Gasteiger charge is -2.44. The number of alkyl halides is 2. The molecule has 2 N–H and O–H groups in total. The van der Waals surface area contributed by atoms with Crippen molar-refractivity contribution in [2.24, 2.45) is 0 Å². The van der Waals surface area contributed by atoms with E-state index in [0.29, 0.717) is 30.8 Å². The van der Waals surface area contributed by atoms with Gasteiger partial charge in [0.25, 0.3) is 0 Å². The topological polar surface area (TPSA) is 114 Å². The fourth-order valence-corrected chi connectivity index (χ4v) is 6.36. The molecule has 0 bridgehead atoms. The summed E-state index contributed by atoms with van der Waals surface area (Å²) in [7, 11) is -4.27. The number of nitrogens with one attached hydrogen (secondary N) is 1. The lowest BCUT2D eigenvalue weighted by molar-refractivity contribution is -0.216. The van der Waals surface area contributed by atoms with Crippen molar-refractivity contribution >= 4 is 27.4 Å². The van der Waals surface area contributed by atoms with Gasteiger partial charge >= 0.3 is 12.1 Å². The van der Waals surface area contributed by atoms with E-state index >= 15 is 0 Å². The average molecular weight is 575 g/mol. The molecule has 1 aliphatic heterocycles. The summed E-state index contributed by atoms with van der Waals surface area (Å²) in [6.07, 6.45) is -3.85. The zero-order valence-electron chi connectivity index (χ0n) is 21.5. The van der Waals surface area contributed by atoms with Gasteiger partial charge in [-0.25, -0.2) is 17.9 Å². The van der Waals surface area contributed by atoms with E-state index < -0.39 is 46.0 Å². The van der Waals surface area contributed by atoms with E-state index in [1.165, 1.54) is 19.1 Å². The van der Waals surface area contributed by atoms with E-state index in [2.05, 4.69) is 14.2 Å². The first kappa shape index (κ1) is 27.8. The second-order valence-electron chi connectivity index (χ2n) is 9.44. The largest absolute Gasteiger partial charge is 0.502 e. The monoisotopic (exact) mass is 574 g/mol. The summed E-state index contributed by atoms with van der Waals surface area (Å²) in [5.41, 5.74) is 1.50. The van der Waals surface area contributed by atoms with Crippen molar-refractivity contribution in [1.29, 1.82) is 0 Å². The van der Waals surface area contributed by atoms with Crippen molar-refractivity contribution in [2.75, 3.05) is 11.5 Å². The Morgan fingerprint density at radius 2 is 1.70 bits per heavy atom. The molecule has 12 heteroatoms. The average Bonchev–Trinajstić information content (AvgIpc) is 2.93. The molecule has 2 aliphatic rings. The molecule has 1 unspecified atom stereocenters. The molecule has 1 saturated carbocycles. The van der Waals surface area contributed by atoms with Gasteiger partial charge in [0, 0.05) is 6.07 Å². The minimum absolute atomic E-state index is 0.275. The second-order valence-corrected chi connectivity index (χ2v) is 11.2. The minimum atomic E-state index is -4.30. The number of aliphatic hydroxyl groups excluding tert-OH is 1. The van der Waals surface area contributed by atoms with Crippen LogP contribution in [0.2, 0.25) is 0 Å². The van der Waals surface area contributed by atoms with Crippen LogP contribution in [0.1, 0.15) is 26.2 Å². The van der Waals surface area contributed by atoms with Crippen molar-refractivity contribution < 1.29 is 41.3 Å². The van der Waals surface area contributed by atoms with Crippen LogP contribution in [0.3, 0.4) is 0 Å². The number of para-hydroxylation sites is 4. The highest BCUT2D eigenvalue weighted by Crippen LogP contribution is 2.49. The molecule has 40 heavy (non-hydrogen) atoms. The van der Waals surface area contributed by atoms with Crippen molar-refractivity contribution in [3.63, 3.8) is 0 Å². The number of aliphatic hydroxyl groups is 1. The Bertz CT molecular complexity index is 1460. The first-order chi connectivity index (χ1) is 19.1. The molecule has 212 valence electrons. The van der Waals surface area contributed by atoms with Crippen LogP contribution in [-0.2, 0) is 19.6 Å². The fraction of sp³-hybridized carbons (Fsp3) is 0.321. The van der Waals surface area contributed by atoms with Gasteiger partial charge in [-0.1, -0.05) is 30.3 Å². The van der Waals surface area contributed by atoms with Crippen LogP contribution in [0.5, 0.6) is 17.2 Å². The molecule has 3 atom stereocenters. The lowest BCUT2D eigenvalue weighted by atomic mass is 9.86. The van der Waals surface area contributed by atoms with E-state index in [1.54, 1.807) is 0 Å². The third-order valence-electron chi connectivity index (χ3n) is 6.80. The number of esters is 1. The van der Waals surface area contributed by atoms with E-state index in [0.717, 1.165) is 23.5 Å². The molecule has 1 fully saturated rings. The SMILES string of the molecule is CCOC(=O)C(F)(F)Oc1cccc(S(=O)(=O)N[C@@H]2CCC[C@H](N3c4ccccc4Oc4ccccc43)C2O)c1. The maximum atomic E-state index is 14.1. The number of sulfonamides is 1. The van der Waals surface area contributed by atoms with Crippen LogP contribution in [0, 0.1) is 0 Å². The molecule has 0 saturated heterocycles. The summed E-state index contributed by atoms with van der Waals surface area (Å²) >= 11 is 0. The lowest BCUT2D eigenvalue weighted by Crippen LogP contribution is -2.56. The van der Waals surface area contributed by atoms with Gasteiger partial charge < -0.3 is 24.2 Å². The summed E-state index contributed by atoms with van der Waals surface area (Å²) in [5, 5.41) is 11.5.